The summed E-state index contributed by atoms with van der Waals surface area (Å²) in [7, 11) is 0. The second-order valence-electron chi connectivity index (χ2n) is 2.73. The summed E-state index contributed by atoms with van der Waals surface area (Å²) in [6, 6.07) is 0. The molecule has 1 nitrogen and oxygen atoms in total. The number of aromatic nitrogens is 1. The van der Waals surface area contributed by atoms with Crippen LogP contribution in [-0.2, 0) is 12.8 Å². The number of rotatable bonds is 4. The molecule has 0 aliphatic carbocycles. The molecule has 0 aromatic carbocycles. The van der Waals surface area contributed by atoms with Crippen molar-refractivity contribution in [2.45, 2.75) is 39.5 Å². The van der Waals surface area contributed by atoms with Gasteiger partial charge in [-0.1, -0.05) is 20.3 Å². The van der Waals surface area contributed by atoms with Crippen molar-refractivity contribution in [1.29, 1.82) is 0 Å². The van der Waals surface area contributed by atoms with E-state index in [2.05, 4.69) is 24.2 Å². The summed E-state index contributed by atoms with van der Waals surface area (Å²) in [6.07, 6.45) is 4.70. The van der Waals surface area contributed by atoms with Gasteiger partial charge < -0.3 is 0 Å². The van der Waals surface area contributed by atoms with Crippen molar-refractivity contribution in [2.24, 2.45) is 0 Å². The van der Waals surface area contributed by atoms with E-state index in [9.17, 15) is 0 Å². The molecule has 0 unspecified atom stereocenters. The van der Waals surface area contributed by atoms with Gasteiger partial charge in [-0.05, 0) is 19.3 Å². The molecule has 62 valence electrons. The van der Waals surface area contributed by atoms with E-state index in [-0.39, 0.29) is 0 Å². The smallest absolute Gasteiger partial charge is 0.0928 e. The Kier molecular flexibility index (Phi) is 3.57. The first-order chi connectivity index (χ1) is 5.36. The lowest BCUT2D eigenvalue weighted by Gasteiger charge is -1.89. The molecule has 1 heterocycles. The Hall–Kier alpha value is -0.370. The second kappa shape index (κ2) is 4.50. The third-order valence-corrected chi connectivity index (χ3v) is 2.53. The number of nitrogens with zero attached hydrogens (tertiary/aromatic N) is 1. The molecule has 0 atom stereocenters. The molecule has 1 aromatic heterocycles. The zero-order valence-corrected chi connectivity index (χ0v) is 8.08. The number of hydrogen-bond acceptors (Lipinski definition) is 2. The summed E-state index contributed by atoms with van der Waals surface area (Å²) in [5, 5.41) is 3.49. The first-order valence-electron chi connectivity index (χ1n) is 4.30. The summed E-state index contributed by atoms with van der Waals surface area (Å²) in [4.78, 5) is 4.51. The van der Waals surface area contributed by atoms with Gasteiger partial charge in [-0.25, -0.2) is 4.98 Å². The monoisotopic (exact) mass is 169 g/mol. The minimum absolute atomic E-state index is 1.14. The van der Waals surface area contributed by atoms with Gasteiger partial charge in [0.05, 0.1) is 10.7 Å². The van der Waals surface area contributed by atoms with E-state index in [4.69, 9.17) is 0 Å². The standard InChI is InChI=1S/C9H15NS/c1-3-5-8-7-11-9(10-8)6-4-2/h7H,3-6H2,1-2H3. The van der Waals surface area contributed by atoms with Gasteiger partial charge in [-0.15, -0.1) is 11.3 Å². The fourth-order valence-corrected chi connectivity index (χ4v) is 1.98. The average Bonchev–Trinajstić information content (AvgIpc) is 2.38. The van der Waals surface area contributed by atoms with Crippen molar-refractivity contribution in [2.75, 3.05) is 0 Å². The van der Waals surface area contributed by atoms with Crippen LogP contribution in [0.3, 0.4) is 0 Å². The topological polar surface area (TPSA) is 12.9 Å². The van der Waals surface area contributed by atoms with E-state index >= 15 is 0 Å². The van der Waals surface area contributed by atoms with E-state index in [0.717, 1.165) is 12.8 Å². The fraction of sp³-hybridized carbons (Fsp3) is 0.667. The van der Waals surface area contributed by atoms with Crippen molar-refractivity contribution < 1.29 is 0 Å². The van der Waals surface area contributed by atoms with Gasteiger partial charge in [0.15, 0.2) is 0 Å². The molecule has 0 radical (unpaired) electrons. The van der Waals surface area contributed by atoms with Crippen molar-refractivity contribution in [1.82, 2.24) is 4.98 Å². The lowest BCUT2D eigenvalue weighted by molar-refractivity contribution is 0.857. The summed E-state index contributed by atoms with van der Waals surface area (Å²) in [5.41, 5.74) is 1.28. The highest BCUT2D eigenvalue weighted by Crippen LogP contribution is 2.12. The molecule has 0 fully saturated rings. The van der Waals surface area contributed by atoms with Crippen LogP contribution in [0.2, 0.25) is 0 Å². The van der Waals surface area contributed by atoms with Crippen LogP contribution in [0.15, 0.2) is 5.38 Å². The van der Waals surface area contributed by atoms with Crippen molar-refractivity contribution >= 4 is 11.3 Å². The number of aryl methyl sites for hydroxylation is 2. The lowest BCUT2D eigenvalue weighted by Crippen LogP contribution is -1.85. The van der Waals surface area contributed by atoms with Crippen molar-refractivity contribution in [3.8, 4) is 0 Å². The Balaban J connectivity index is 2.51. The third-order valence-electron chi connectivity index (χ3n) is 1.57. The summed E-state index contributed by atoms with van der Waals surface area (Å²) in [6.45, 7) is 4.39. The minimum Gasteiger partial charge on any atom is -0.246 e. The molecule has 0 saturated carbocycles. The molecular formula is C9H15NS. The van der Waals surface area contributed by atoms with E-state index < -0.39 is 0 Å². The Morgan fingerprint density at radius 3 is 2.64 bits per heavy atom. The normalized spacial score (nSPS) is 10.4. The van der Waals surface area contributed by atoms with Crippen LogP contribution in [0, 0.1) is 0 Å². The average molecular weight is 169 g/mol. The van der Waals surface area contributed by atoms with Gasteiger partial charge in [0.1, 0.15) is 0 Å². The molecule has 0 amide bonds. The van der Waals surface area contributed by atoms with E-state index in [1.807, 2.05) is 0 Å². The lowest BCUT2D eigenvalue weighted by atomic mass is 10.3. The molecular weight excluding hydrogens is 154 g/mol. The maximum Gasteiger partial charge on any atom is 0.0928 e. The molecule has 0 saturated heterocycles. The Bertz CT molecular complexity index is 185. The van der Waals surface area contributed by atoms with Gasteiger partial charge in [0.2, 0.25) is 0 Å². The van der Waals surface area contributed by atoms with Crippen LogP contribution in [0.4, 0.5) is 0 Å². The van der Waals surface area contributed by atoms with Gasteiger partial charge in [0.25, 0.3) is 0 Å². The molecule has 1 rings (SSSR count). The van der Waals surface area contributed by atoms with Gasteiger partial charge in [-0.2, -0.15) is 0 Å². The predicted octanol–water partition coefficient (Wildman–Crippen LogP) is 3.05. The highest BCUT2D eigenvalue weighted by molar-refractivity contribution is 7.09. The second-order valence-corrected chi connectivity index (χ2v) is 3.68. The maximum atomic E-state index is 4.51. The van der Waals surface area contributed by atoms with Crippen LogP contribution in [-0.4, -0.2) is 4.98 Å². The molecule has 0 N–H and O–H groups in total. The van der Waals surface area contributed by atoms with Crippen LogP contribution in [0.25, 0.3) is 0 Å². The zero-order valence-electron chi connectivity index (χ0n) is 7.26. The number of hydrogen-bond donors (Lipinski definition) is 0. The SMILES string of the molecule is CCCc1csc(CCC)n1. The van der Waals surface area contributed by atoms with E-state index in [1.165, 1.54) is 23.5 Å². The van der Waals surface area contributed by atoms with Crippen LogP contribution in [0.5, 0.6) is 0 Å². The van der Waals surface area contributed by atoms with Crippen LogP contribution < -0.4 is 0 Å². The molecule has 2 heteroatoms. The Labute approximate surface area is 72.5 Å². The highest BCUT2D eigenvalue weighted by atomic mass is 32.1. The van der Waals surface area contributed by atoms with Crippen LogP contribution >= 0.6 is 11.3 Å². The largest absolute Gasteiger partial charge is 0.246 e. The van der Waals surface area contributed by atoms with Gasteiger partial charge in [-0.3, -0.25) is 0 Å². The van der Waals surface area contributed by atoms with Crippen molar-refractivity contribution in [3.05, 3.63) is 16.1 Å². The summed E-state index contributed by atoms with van der Waals surface area (Å²) >= 11 is 1.80. The quantitative estimate of drug-likeness (QED) is 0.675. The zero-order chi connectivity index (χ0) is 8.10. The minimum atomic E-state index is 1.14. The van der Waals surface area contributed by atoms with E-state index in [1.54, 1.807) is 11.3 Å². The number of thiazole rings is 1. The predicted molar refractivity (Wildman–Crippen MR) is 50.1 cm³/mol. The van der Waals surface area contributed by atoms with Gasteiger partial charge >= 0.3 is 0 Å². The molecule has 1 aromatic rings. The molecule has 0 aliphatic rings. The molecule has 0 bridgehead atoms. The highest BCUT2D eigenvalue weighted by Gasteiger charge is 1.98. The van der Waals surface area contributed by atoms with Crippen molar-refractivity contribution in [3.63, 3.8) is 0 Å². The fourth-order valence-electron chi connectivity index (χ4n) is 1.05. The third kappa shape index (κ3) is 2.62. The van der Waals surface area contributed by atoms with E-state index in [0.29, 0.717) is 0 Å². The Morgan fingerprint density at radius 2 is 2.00 bits per heavy atom. The van der Waals surface area contributed by atoms with Crippen LogP contribution in [0.1, 0.15) is 37.4 Å². The first kappa shape index (κ1) is 8.72. The molecule has 0 spiro atoms. The first-order valence-corrected chi connectivity index (χ1v) is 5.18. The Morgan fingerprint density at radius 1 is 1.27 bits per heavy atom. The summed E-state index contributed by atoms with van der Waals surface area (Å²) < 4.78 is 0. The molecule has 11 heavy (non-hydrogen) atoms. The maximum absolute atomic E-state index is 4.51. The van der Waals surface area contributed by atoms with Gasteiger partial charge in [0, 0.05) is 5.38 Å². The summed E-state index contributed by atoms with van der Waals surface area (Å²) in [5.74, 6) is 0. The molecule has 0 aliphatic heterocycles.